The van der Waals surface area contributed by atoms with Crippen molar-refractivity contribution in [3.63, 3.8) is 0 Å². The fraction of sp³-hybridized carbons (Fsp3) is 0.364. The highest BCUT2D eigenvalue weighted by Crippen LogP contribution is 2.34. The molecule has 27 heavy (non-hydrogen) atoms. The number of fused-ring (bicyclic) bond motifs is 1. The zero-order valence-electron chi connectivity index (χ0n) is 15.9. The Hall–Kier alpha value is -2.33. The van der Waals surface area contributed by atoms with Crippen LogP contribution in [0.15, 0.2) is 42.5 Å². The third-order valence-electron chi connectivity index (χ3n) is 5.19. The number of rotatable bonds is 4. The Morgan fingerprint density at radius 1 is 1.22 bits per heavy atom. The lowest BCUT2D eigenvalue weighted by molar-refractivity contribution is -0.117. The van der Waals surface area contributed by atoms with Crippen molar-refractivity contribution >= 4 is 34.2 Å². The molecule has 1 amide bonds. The van der Waals surface area contributed by atoms with Crippen LogP contribution in [0.3, 0.4) is 0 Å². The summed E-state index contributed by atoms with van der Waals surface area (Å²) < 4.78 is 2.30. The summed E-state index contributed by atoms with van der Waals surface area (Å²) in [6, 6.07) is 14.0. The van der Waals surface area contributed by atoms with E-state index in [4.69, 9.17) is 16.6 Å². The van der Waals surface area contributed by atoms with E-state index in [1.165, 1.54) is 0 Å². The molecule has 2 aromatic carbocycles. The van der Waals surface area contributed by atoms with Crippen LogP contribution >= 0.6 is 11.6 Å². The number of carbonyl (C=O) groups excluding carboxylic acids is 1. The molecule has 2 heterocycles. The van der Waals surface area contributed by atoms with Gasteiger partial charge in [-0.1, -0.05) is 43.6 Å². The minimum atomic E-state index is 0.0868. The largest absolute Gasteiger partial charge is 0.327 e. The number of aryl methyl sites for hydroxylation is 1. The van der Waals surface area contributed by atoms with Crippen LogP contribution < -0.4 is 4.90 Å². The Kier molecular flexibility index (Phi) is 4.68. The summed E-state index contributed by atoms with van der Waals surface area (Å²) in [5, 5.41) is 0.691. The zero-order chi connectivity index (χ0) is 19.1. The number of amides is 1. The average Bonchev–Trinajstić information content (AvgIpc) is 3.18. The second kappa shape index (κ2) is 7.01. The number of halogens is 1. The van der Waals surface area contributed by atoms with Crippen LogP contribution in [0.5, 0.6) is 0 Å². The van der Waals surface area contributed by atoms with E-state index in [-0.39, 0.29) is 11.8 Å². The van der Waals surface area contributed by atoms with Crippen molar-refractivity contribution < 1.29 is 4.79 Å². The standard InChI is InChI=1S/C22H24ClN3O/c1-14(2)12-26-20-7-5-4-6-19(20)24-22(26)16-10-21(27)25(13-16)17-9-8-15(3)18(23)11-17/h4-9,11,14,16H,10,12-13H2,1-3H3/t16-/m0/s1. The monoisotopic (exact) mass is 381 g/mol. The Balaban J connectivity index is 1.70. The molecule has 0 N–H and O–H groups in total. The van der Waals surface area contributed by atoms with Crippen molar-refractivity contribution in [3.05, 3.63) is 58.9 Å². The topological polar surface area (TPSA) is 38.1 Å². The van der Waals surface area contributed by atoms with E-state index in [0.29, 0.717) is 23.9 Å². The number of aromatic nitrogens is 2. The normalized spacial score (nSPS) is 17.4. The van der Waals surface area contributed by atoms with Gasteiger partial charge in [-0.15, -0.1) is 0 Å². The van der Waals surface area contributed by atoms with E-state index in [2.05, 4.69) is 24.5 Å². The summed E-state index contributed by atoms with van der Waals surface area (Å²) in [4.78, 5) is 19.5. The molecule has 5 heteroatoms. The molecule has 3 aromatic rings. The number of hydrogen-bond acceptors (Lipinski definition) is 2. The van der Waals surface area contributed by atoms with Crippen molar-refractivity contribution in [1.29, 1.82) is 0 Å². The highest BCUT2D eigenvalue weighted by atomic mass is 35.5. The van der Waals surface area contributed by atoms with Gasteiger partial charge in [-0.25, -0.2) is 4.98 Å². The maximum atomic E-state index is 12.7. The highest BCUT2D eigenvalue weighted by Gasteiger charge is 2.35. The van der Waals surface area contributed by atoms with Gasteiger partial charge in [-0.3, -0.25) is 4.79 Å². The van der Waals surface area contributed by atoms with Crippen LogP contribution in [-0.2, 0) is 11.3 Å². The highest BCUT2D eigenvalue weighted by molar-refractivity contribution is 6.31. The van der Waals surface area contributed by atoms with Gasteiger partial charge in [0.1, 0.15) is 5.82 Å². The van der Waals surface area contributed by atoms with Crippen LogP contribution in [-0.4, -0.2) is 22.0 Å². The van der Waals surface area contributed by atoms with Crippen LogP contribution in [0, 0.1) is 12.8 Å². The summed E-state index contributed by atoms with van der Waals surface area (Å²) in [6.07, 6.45) is 0.479. The molecule has 4 nitrogen and oxygen atoms in total. The molecular formula is C22H24ClN3O. The number of benzene rings is 2. The SMILES string of the molecule is Cc1ccc(N2C[C@@H](c3nc4ccccc4n3CC(C)C)CC2=O)cc1Cl. The lowest BCUT2D eigenvalue weighted by Crippen LogP contribution is -2.24. The molecule has 0 aliphatic carbocycles. The lowest BCUT2D eigenvalue weighted by Gasteiger charge is -2.18. The number of carbonyl (C=O) groups is 1. The lowest BCUT2D eigenvalue weighted by atomic mass is 10.1. The minimum Gasteiger partial charge on any atom is -0.327 e. The van der Waals surface area contributed by atoms with E-state index < -0.39 is 0 Å². The first-order valence-electron chi connectivity index (χ1n) is 9.45. The maximum absolute atomic E-state index is 12.7. The van der Waals surface area contributed by atoms with Gasteiger partial charge in [0.15, 0.2) is 0 Å². The van der Waals surface area contributed by atoms with Crippen LogP contribution in [0.2, 0.25) is 5.02 Å². The average molecular weight is 382 g/mol. The molecule has 4 rings (SSSR count). The van der Waals surface area contributed by atoms with Gasteiger partial charge in [0, 0.05) is 36.1 Å². The Bertz CT molecular complexity index is 1010. The van der Waals surface area contributed by atoms with E-state index in [1.807, 2.05) is 48.2 Å². The molecule has 0 saturated carbocycles. The van der Waals surface area contributed by atoms with Crippen LogP contribution in [0.4, 0.5) is 5.69 Å². The predicted octanol–water partition coefficient (Wildman–Crippen LogP) is 5.17. The van der Waals surface area contributed by atoms with Gasteiger partial charge in [0.05, 0.1) is 11.0 Å². The van der Waals surface area contributed by atoms with Crippen molar-refractivity contribution in [1.82, 2.24) is 9.55 Å². The number of imidazole rings is 1. The van der Waals surface area contributed by atoms with Crippen LogP contribution in [0.1, 0.15) is 37.6 Å². The minimum absolute atomic E-state index is 0.0868. The number of hydrogen-bond donors (Lipinski definition) is 0. The quantitative estimate of drug-likeness (QED) is 0.624. The Morgan fingerprint density at radius 3 is 2.74 bits per heavy atom. The van der Waals surface area contributed by atoms with E-state index in [9.17, 15) is 4.79 Å². The molecule has 0 bridgehead atoms. The molecule has 140 valence electrons. The summed E-state index contributed by atoms with van der Waals surface area (Å²) >= 11 is 6.27. The molecule has 1 aliphatic heterocycles. The van der Waals surface area contributed by atoms with Gasteiger partial charge >= 0.3 is 0 Å². The van der Waals surface area contributed by atoms with Gasteiger partial charge in [-0.05, 0) is 42.7 Å². The fourth-order valence-electron chi connectivity index (χ4n) is 3.84. The van der Waals surface area contributed by atoms with E-state index in [1.54, 1.807) is 0 Å². The van der Waals surface area contributed by atoms with Crippen molar-refractivity contribution in [2.45, 2.75) is 39.7 Å². The predicted molar refractivity (Wildman–Crippen MR) is 110 cm³/mol. The van der Waals surface area contributed by atoms with Gasteiger partial charge in [-0.2, -0.15) is 0 Å². The molecular weight excluding hydrogens is 358 g/mol. The number of nitrogens with zero attached hydrogens (tertiary/aromatic N) is 3. The van der Waals surface area contributed by atoms with Gasteiger partial charge < -0.3 is 9.47 Å². The third-order valence-corrected chi connectivity index (χ3v) is 5.60. The second-order valence-electron chi connectivity index (χ2n) is 7.80. The molecule has 0 unspecified atom stereocenters. The van der Waals surface area contributed by atoms with E-state index in [0.717, 1.165) is 34.7 Å². The van der Waals surface area contributed by atoms with Crippen molar-refractivity contribution in [2.75, 3.05) is 11.4 Å². The molecule has 1 aliphatic rings. The molecule has 1 aromatic heterocycles. The molecule has 0 spiro atoms. The van der Waals surface area contributed by atoms with Crippen molar-refractivity contribution in [3.8, 4) is 0 Å². The first-order valence-corrected chi connectivity index (χ1v) is 9.83. The zero-order valence-corrected chi connectivity index (χ0v) is 16.7. The maximum Gasteiger partial charge on any atom is 0.227 e. The third kappa shape index (κ3) is 3.34. The molecule has 1 saturated heterocycles. The smallest absolute Gasteiger partial charge is 0.227 e. The number of anilines is 1. The molecule has 1 atom stereocenters. The van der Waals surface area contributed by atoms with E-state index >= 15 is 0 Å². The Labute approximate surface area is 164 Å². The van der Waals surface area contributed by atoms with Gasteiger partial charge in [0.25, 0.3) is 0 Å². The molecule has 0 radical (unpaired) electrons. The summed E-state index contributed by atoms with van der Waals surface area (Å²) in [5.74, 6) is 1.73. The van der Waals surface area contributed by atoms with Gasteiger partial charge in [0.2, 0.25) is 5.91 Å². The molecule has 1 fully saturated rings. The fourth-order valence-corrected chi connectivity index (χ4v) is 4.02. The van der Waals surface area contributed by atoms with Crippen molar-refractivity contribution in [2.24, 2.45) is 5.92 Å². The first kappa shape index (κ1) is 18.1. The number of para-hydroxylation sites is 2. The summed E-state index contributed by atoms with van der Waals surface area (Å²) in [5.41, 5.74) is 4.02. The summed E-state index contributed by atoms with van der Waals surface area (Å²) in [6.45, 7) is 7.92. The first-order chi connectivity index (χ1) is 12.9. The second-order valence-corrected chi connectivity index (χ2v) is 8.21. The van der Waals surface area contributed by atoms with Crippen LogP contribution in [0.25, 0.3) is 11.0 Å². The summed E-state index contributed by atoms with van der Waals surface area (Å²) in [7, 11) is 0. The Morgan fingerprint density at radius 2 is 2.00 bits per heavy atom.